The second-order valence-corrected chi connectivity index (χ2v) is 5.15. The van der Waals surface area contributed by atoms with Crippen LogP contribution in [0, 0.1) is 5.92 Å². The molecule has 2 rings (SSSR count). The number of hydrogen-bond acceptors (Lipinski definition) is 2. The third-order valence-corrected chi connectivity index (χ3v) is 3.72. The zero-order chi connectivity index (χ0) is 12.4. The summed E-state index contributed by atoms with van der Waals surface area (Å²) in [5.41, 5.74) is 3.35. The molecule has 0 spiro atoms. The molecule has 2 aliphatic rings. The van der Waals surface area contributed by atoms with Crippen LogP contribution in [0.1, 0.15) is 39.5 Å². The van der Waals surface area contributed by atoms with Crippen molar-refractivity contribution in [2.24, 2.45) is 5.92 Å². The van der Waals surface area contributed by atoms with Crippen molar-refractivity contribution in [2.45, 2.75) is 45.6 Å². The van der Waals surface area contributed by atoms with Crippen molar-refractivity contribution in [3.63, 3.8) is 0 Å². The molecule has 0 aromatic carbocycles. The molecule has 0 saturated carbocycles. The van der Waals surface area contributed by atoms with E-state index in [1.54, 1.807) is 0 Å². The van der Waals surface area contributed by atoms with E-state index in [-0.39, 0.29) is 18.0 Å². The maximum Gasteiger partial charge on any atom is 0.334 e. The van der Waals surface area contributed by atoms with Gasteiger partial charge in [-0.15, -0.1) is 0 Å². The Bertz CT molecular complexity index is 401. The van der Waals surface area contributed by atoms with Crippen molar-refractivity contribution in [1.82, 2.24) is 0 Å². The average molecular weight is 232 g/mol. The molecule has 2 nitrogen and oxygen atoms in total. The first-order chi connectivity index (χ1) is 8.08. The lowest BCUT2D eigenvalue weighted by atomic mass is 9.87. The Labute approximate surface area is 103 Å². The van der Waals surface area contributed by atoms with Crippen molar-refractivity contribution in [3.8, 4) is 0 Å². The Morgan fingerprint density at radius 3 is 2.76 bits per heavy atom. The molecule has 1 aliphatic carbocycles. The summed E-state index contributed by atoms with van der Waals surface area (Å²) in [5.74, 6) is 0.000907. The number of allylic oxidation sites excluding steroid dienone is 3. The smallest absolute Gasteiger partial charge is 0.334 e. The monoisotopic (exact) mass is 232 g/mol. The normalized spacial score (nSPS) is 30.2. The molecule has 0 radical (unpaired) electrons. The molecule has 1 fully saturated rings. The van der Waals surface area contributed by atoms with Crippen LogP contribution < -0.4 is 0 Å². The third kappa shape index (κ3) is 2.68. The van der Waals surface area contributed by atoms with E-state index in [0.717, 1.165) is 25.7 Å². The zero-order valence-electron chi connectivity index (χ0n) is 10.7. The summed E-state index contributed by atoms with van der Waals surface area (Å²) >= 11 is 0. The average Bonchev–Trinajstić information content (AvgIpc) is 2.52. The molecule has 17 heavy (non-hydrogen) atoms. The fourth-order valence-electron chi connectivity index (χ4n) is 2.56. The SMILES string of the molecule is C=C1C(=O)OC2CC(C)=CCC=C(C)CCC12. The van der Waals surface area contributed by atoms with E-state index in [0.29, 0.717) is 5.57 Å². The molecule has 2 heteroatoms. The van der Waals surface area contributed by atoms with Crippen LogP contribution in [-0.4, -0.2) is 12.1 Å². The molecular formula is C15H20O2. The van der Waals surface area contributed by atoms with Crippen LogP contribution in [0.4, 0.5) is 0 Å². The summed E-state index contributed by atoms with van der Waals surface area (Å²) < 4.78 is 5.42. The molecule has 0 aromatic rings. The molecule has 1 saturated heterocycles. The van der Waals surface area contributed by atoms with Gasteiger partial charge in [0.1, 0.15) is 6.10 Å². The number of carbonyl (C=O) groups is 1. The molecule has 0 N–H and O–H groups in total. The second-order valence-electron chi connectivity index (χ2n) is 5.15. The Hall–Kier alpha value is -1.31. The number of rotatable bonds is 0. The summed E-state index contributed by atoms with van der Waals surface area (Å²) in [4.78, 5) is 11.6. The van der Waals surface area contributed by atoms with Crippen molar-refractivity contribution < 1.29 is 9.53 Å². The van der Waals surface area contributed by atoms with Gasteiger partial charge in [-0.1, -0.05) is 29.9 Å². The Balaban J connectivity index is 2.21. The molecule has 1 heterocycles. The lowest BCUT2D eigenvalue weighted by Crippen LogP contribution is -2.17. The first-order valence-electron chi connectivity index (χ1n) is 6.29. The van der Waals surface area contributed by atoms with Gasteiger partial charge in [0, 0.05) is 17.9 Å². The molecule has 0 aromatic heterocycles. The van der Waals surface area contributed by atoms with E-state index in [2.05, 4.69) is 32.6 Å². The quantitative estimate of drug-likeness (QED) is 0.363. The molecule has 1 aliphatic heterocycles. The Kier molecular flexibility index (Phi) is 3.51. The number of esters is 1. The molecule has 0 bridgehead atoms. The summed E-state index contributed by atoms with van der Waals surface area (Å²) in [6.45, 7) is 8.14. The highest BCUT2D eigenvalue weighted by atomic mass is 16.6. The molecule has 2 unspecified atom stereocenters. The molecule has 2 atom stereocenters. The van der Waals surface area contributed by atoms with Crippen molar-refractivity contribution >= 4 is 5.97 Å². The number of hydrogen-bond donors (Lipinski definition) is 0. The fourth-order valence-corrected chi connectivity index (χ4v) is 2.56. The van der Waals surface area contributed by atoms with Gasteiger partial charge >= 0.3 is 5.97 Å². The van der Waals surface area contributed by atoms with Crippen LogP contribution in [0.5, 0.6) is 0 Å². The van der Waals surface area contributed by atoms with Gasteiger partial charge in [-0.3, -0.25) is 0 Å². The van der Waals surface area contributed by atoms with Crippen LogP contribution in [0.15, 0.2) is 35.5 Å². The lowest BCUT2D eigenvalue weighted by Gasteiger charge is -2.19. The van der Waals surface area contributed by atoms with Gasteiger partial charge in [-0.2, -0.15) is 0 Å². The minimum Gasteiger partial charge on any atom is -0.458 e. The molecular weight excluding hydrogens is 212 g/mol. The predicted octanol–water partition coefficient (Wildman–Crippen LogP) is 3.55. The van der Waals surface area contributed by atoms with Gasteiger partial charge in [0.15, 0.2) is 0 Å². The Morgan fingerprint density at radius 2 is 2.00 bits per heavy atom. The van der Waals surface area contributed by atoms with Gasteiger partial charge in [-0.25, -0.2) is 4.79 Å². The standard InChI is InChI=1S/C15H20O2/c1-10-5-4-6-11(2)9-14-13(8-7-10)12(3)15(16)17-14/h5-6,13-14H,3-4,7-9H2,1-2H3. The minimum atomic E-state index is -0.200. The Morgan fingerprint density at radius 1 is 1.29 bits per heavy atom. The first-order valence-corrected chi connectivity index (χ1v) is 6.29. The van der Waals surface area contributed by atoms with E-state index >= 15 is 0 Å². The van der Waals surface area contributed by atoms with E-state index in [1.807, 2.05) is 0 Å². The van der Waals surface area contributed by atoms with Crippen LogP contribution in [-0.2, 0) is 9.53 Å². The number of carbonyl (C=O) groups excluding carboxylic acids is 1. The lowest BCUT2D eigenvalue weighted by molar-refractivity contribution is -0.139. The molecule has 92 valence electrons. The third-order valence-electron chi connectivity index (χ3n) is 3.72. The largest absolute Gasteiger partial charge is 0.458 e. The van der Waals surface area contributed by atoms with Gasteiger partial charge in [0.25, 0.3) is 0 Å². The summed E-state index contributed by atoms with van der Waals surface area (Å²) in [7, 11) is 0. The van der Waals surface area contributed by atoms with E-state index in [9.17, 15) is 4.79 Å². The second kappa shape index (κ2) is 4.91. The van der Waals surface area contributed by atoms with Gasteiger partial charge in [-0.05, 0) is 33.1 Å². The van der Waals surface area contributed by atoms with Gasteiger partial charge in [0.2, 0.25) is 0 Å². The van der Waals surface area contributed by atoms with E-state index in [1.165, 1.54) is 11.1 Å². The zero-order valence-corrected chi connectivity index (χ0v) is 10.7. The summed E-state index contributed by atoms with van der Waals surface area (Å²) in [5, 5.41) is 0. The fraction of sp³-hybridized carbons (Fsp3) is 0.533. The molecule has 0 amide bonds. The summed E-state index contributed by atoms with van der Waals surface area (Å²) in [6, 6.07) is 0. The van der Waals surface area contributed by atoms with Gasteiger partial charge < -0.3 is 4.74 Å². The maximum atomic E-state index is 11.6. The van der Waals surface area contributed by atoms with Crippen LogP contribution in [0.2, 0.25) is 0 Å². The van der Waals surface area contributed by atoms with E-state index < -0.39 is 0 Å². The van der Waals surface area contributed by atoms with Gasteiger partial charge in [0.05, 0.1) is 0 Å². The van der Waals surface area contributed by atoms with Crippen molar-refractivity contribution in [2.75, 3.05) is 0 Å². The highest BCUT2D eigenvalue weighted by molar-refractivity contribution is 5.90. The topological polar surface area (TPSA) is 26.3 Å². The van der Waals surface area contributed by atoms with Crippen LogP contribution in [0.25, 0.3) is 0 Å². The van der Waals surface area contributed by atoms with Crippen LogP contribution in [0.3, 0.4) is 0 Å². The summed E-state index contributed by atoms with van der Waals surface area (Å²) in [6.07, 6.45) is 8.35. The van der Waals surface area contributed by atoms with E-state index in [4.69, 9.17) is 4.74 Å². The highest BCUT2D eigenvalue weighted by Gasteiger charge is 2.37. The maximum absolute atomic E-state index is 11.6. The van der Waals surface area contributed by atoms with Crippen LogP contribution >= 0.6 is 0 Å². The minimum absolute atomic E-state index is 0.0112. The number of fused-ring (bicyclic) bond motifs is 1. The van der Waals surface area contributed by atoms with Crippen molar-refractivity contribution in [3.05, 3.63) is 35.5 Å². The highest BCUT2D eigenvalue weighted by Crippen LogP contribution is 2.35. The van der Waals surface area contributed by atoms with Crippen molar-refractivity contribution in [1.29, 1.82) is 0 Å². The number of ether oxygens (including phenoxy) is 1. The predicted molar refractivity (Wildman–Crippen MR) is 68.5 cm³/mol. The first kappa shape index (κ1) is 12.2.